The molecule has 0 aliphatic carbocycles. The number of nitrogens with zero attached hydrogens (tertiary/aromatic N) is 2. The summed E-state index contributed by atoms with van der Waals surface area (Å²) in [4.78, 5) is 4.32. The maximum absolute atomic E-state index is 3.66. The van der Waals surface area contributed by atoms with Crippen LogP contribution in [0, 0.1) is 0 Å². The molecule has 0 fully saturated rings. The first-order chi connectivity index (χ1) is 4.33. The fourth-order valence-electron chi connectivity index (χ4n) is 0.873. The second-order valence-electron chi connectivity index (χ2n) is 2.26. The number of halogens is 1. The van der Waals surface area contributed by atoms with Gasteiger partial charge in [-0.2, -0.15) is 0 Å². The predicted octanol–water partition coefficient (Wildman–Crippen LogP) is 1.27. The van der Waals surface area contributed by atoms with Gasteiger partial charge in [-0.1, -0.05) is 6.08 Å². The van der Waals surface area contributed by atoms with Crippen molar-refractivity contribution < 1.29 is 0 Å². The average molecular weight is 161 g/mol. The van der Waals surface area contributed by atoms with E-state index in [0.29, 0.717) is 0 Å². The van der Waals surface area contributed by atoms with Gasteiger partial charge < -0.3 is 9.80 Å². The molecule has 0 unspecified atom stereocenters. The maximum atomic E-state index is 3.66. The van der Waals surface area contributed by atoms with Crippen LogP contribution in [0.1, 0.15) is 0 Å². The molecule has 0 bridgehead atoms. The Labute approximate surface area is 68.2 Å². The monoisotopic (exact) mass is 160 g/mol. The molecule has 0 atom stereocenters. The number of hydrogen-bond donors (Lipinski definition) is 0. The van der Waals surface area contributed by atoms with Crippen molar-refractivity contribution in [3.05, 3.63) is 25.1 Å². The average Bonchev–Trinajstić information content (AvgIpc) is 2.17. The van der Waals surface area contributed by atoms with Crippen molar-refractivity contribution in [1.29, 1.82) is 0 Å². The summed E-state index contributed by atoms with van der Waals surface area (Å²) in [5.41, 5.74) is 0. The van der Waals surface area contributed by atoms with E-state index >= 15 is 0 Å². The number of hydrogen-bond acceptors (Lipinski definition) is 2. The second kappa shape index (κ2) is 4.23. The van der Waals surface area contributed by atoms with Gasteiger partial charge in [0.15, 0.2) is 0 Å². The fraction of sp³-hybridized carbons (Fsp3) is 0.429. The molecule has 0 spiro atoms. The Kier molecular flexibility index (Phi) is 3.96. The normalized spacial score (nSPS) is 15.3. The summed E-state index contributed by atoms with van der Waals surface area (Å²) in [6.45, 7) is 5.59. The van der Waals surface area contributed by atoms with Crippen molar-refractivity contribution in [3.63, 3.8) is 0 Å². The predicted molar refractivity (Wildman–Crippen MR) is 45.9 cm³/mol. The quantitative estimate of drug-likeness (QED) is 0.562. The van der Waals surface area contributed by atoms with Gasteiger partial charge in [0.2, 0.25) is 0 Å². The third kappa shape index (κ3) is 2.31. The molecule has 0 radical (unpaired) electrons. The summed E-state index contributed by atoms with van der Waals surface area (Å²) in [6.07, 6.45) is 6.04. The van der Waals surface area contributed by atoms with Crippen molar-refractivity contribution in [1.82, 2.24) is 9.80 Å². The molecule has 1 aliphatic rings. The molecule has 1 heterocycles. The van der Waals surface area contributed by atoms with Gasteiger partial charge in [0.05, 0.1) is 6.67 Å². The first-order valence-corrected chi connectivity index (χ1v) is 3.06. The van der Waals surface area contributed by atoms with Crippen LogP contribution in [0.25, 0.3) is 0 Å². The Bertz CT molecular complexity index is 134. The lowest BCUT2D eigenvalue weighted by Gasteiger charge is -2.15. The molecule has 0 aromatic heterocycles. The van der Waals surface area contributed by atoms with Crippen LogP contribution in [0.5, 0.6) is 0 Å². The van der Waals surface area contributed by atoms with Gasteiger partial charge in [0, 0.05) is 26.0 Å². The van der Waals surface area contributed by atoms with Gasteiger partial charge in [-0.15, -0.1) is 19.0 Å². The summed E-state index contributed by atoms with van der Waals surface area (Å²) in [5, 5.41) is 0. The molecule has 0 aromatic rings. The van der Waals surface area contributed by atoms with E-state index in [-0.39, 0.29) is 12.4 Å². The van der Waals surface area contributed by atoms with Crippen LogP contribution >= 0.6 is 12.4 Å². The highest BCUT2D eigenvalue weighted by molar-refractivity contribution is 5.85. The zero-order valence-corrected chi connectivity index (χ0v) is 6.97. The first kappa shape index (κ1) is 9.37. The highest BCUT2D eigenvalue weighted by Crippen LogP contribution is 2.01. The molecule has 3 heteroatoms. The molecule has 58 valence electrons. The Morgan fingerprint density at radius 3 is 2.70 bits per heavy atom. The van der Waals surface area contributed by atoms with Crippen LogP contribution in [-0.2, 0) is 0 Å². The summed E-state index contributed by atoms with van der Waals surface area (Å²) < 4.78 is 0. The van der Waals surface area contributed by atoms with Gasteiger partial charge >= 0.3 is 0 Å². The molecule has 0 saturated carbocycles. The lowest BCUT2D eigenvalue weighted by atomic mass is 10.6. The Morgan fingerprint density at radius 1 is 1.60 bits per heavy atom. The van der Waals surface area contributed by atoms with Crippen molar-refractivity contribution in [2.45, 2.75) is 0 Å². The highest BCUT2D eigenvalue weighted by Gasteiger charge is 2.04. The molecule has 1 rings (SSSR count). The second-order valence-corrected chi connectivity index (χ2v) is 2.26. The number of rotatable bonds is 2. The summed E-state index contributed by atoms with van der Waals surface area (Å²) in [5.74, 6) is 0. The van der Waals surface area contributed by atoms with E-state index in [2.05, 4.69) is 35.8 Å². The van der Waals surface area contributed by atoms with E-state index in [9.17, 15) is 0 Å². The van der Waals surface area contributed by atoms with Crippen molar-refractivity contribution in [2.24, 2.45) is 0 Å². The molecule has 0 saturated heterocycles. The minimum absolute atomic E-state index is 0. The Hall–Kier alpha value is -0.630. The van der Waals surface area contributed by atoms with E-state index in [0.717, 1.165) is 13.2 Å². The summed E-state index contributed by atoms with van der Waals surface area (Å²) in [7, 11) is 2.06. The van der Waals surface area contributed by atoms with Crippen LogP contribution in [0.2, 0.25) is 0 Å². The third-order valence-corrected chi connectivity index (χ3v) is 1.30. The third-order valence-electron chi connectivity index (χ3n) is 1.30. The first-order valence-electron chi connectivity index (χ1n) is 3.06. The lowest BCUT2D eigenvalue weighted by molar-refractivity contribution is 0.318. The molecule has 0 N–H and O–H groups in total. The zero-order chi connectivity index (χ0) is 6.69. The van der Waals surface area contributed by atoms with Gasteiger partial charge in [-0.3, -0.25) is 0 Å². The van der Waals surface area contributed by atoms with Crippen LogP contribution in [0.15, 0.2) is 25.1 Å². The van der Waals surface area contributed by atoms with E-state index in [1.807, 2.05) is 6.08 Å². The SMILES string of the molecule is C=CCN1C=CN(C)C1.Cl. The molecule has 0 amide bonds. The van der Waals surface area contributed by atoms with E-state index in [1.54, 1.807) is 0 Å². The molecule has 10 heavy (non-hydrogen) atoms. The van der Waals surface area contributed by atoms with Crippen molar-refractivity contribution >= 4 is 12.4 Å². The fourth-order valence-corrected chi connectivity index (χ4v) is 0.873. The van der Waals surface area contributed by atoms with Crippen LogP contribution in [-0.4, -0.2) is 30.1 Å². The molecule has 2 nitrogen and oxygen atoms in total. The van der Waals surface area contributed by atoms with Gasteiger partial charge in [0.25, 0.3) is 0 Å². The zero-order valence-electron chi connectivity index (χ0n) is 6.16. The van der Waals surface area contributed by atoms with E-state index in [1.165, 1.54) is 0 Å². The van der Waals surface area contributed by atoms with Gasteiger partial charge in [0.1, 0.15) is 0 Å². The van der Waals surface area contributed by atoms with E-state index in [4.69, 9.17) is 0 Å². The smallest absolute Gasteiger partial charge is 0.0894 e. The van der Waals surface area contributed by atoms with Crippen LogP contribution in [0.3, 0.4) is 0 Å². The van der Waals surface area contributed by atoms with Crippen LogP contribution in [0.4, 0.5) is 0 Å². The minimum Gasteiger partial charge on any atom is -0.362 e. The van der Waals surface area contributed by atoms with Gasteiger partial charge in [-0.25, -0.2) is 0 Å². The Balaban J connectivity index is 0.000000810. The highest BCUT2D eigenvalue weighted by atomic mass is 35.5. The van der Waals surface area contributed by atoms with Crippen molar-refractivity contribution in [2.75, 3.05) is 20.3 Å². The summed E-state index contributed by atoms with van der Waals surface area (Å²) >= 11 is 0. The summed E-state index contributed by atoms with van der Waals surface area (Å²) in [6, 6.07) is 0. The molecule has 0 aromatic carbocycles. The van der Waals surface area contributed by atoms with Crippen LogP contribution < -0.4 is 0 Å². The Morgan fingerprint density at radius 2 is 2.30 bits per heavy atom. The van der Waals surface area contributed by atoms with Gasteiger partial charge in [-0.05, 0) is 0 Å². The lowest BCUT2D eigenvalue weighted by Crippen LogP contribution is -2.21. The molecular weight excluding hydrogens is 148 g/mol. The minimum atomic E-state index is 0. The van der Waals surface area contributed by atoms with E-state index < -0.39 is 0 Å². The maximum Gasteiger partial charge on any atom is 0.0894 e. The molecular formula is C7H13ClN2. The largest absolute Gasteiger partial charge is 0.362 e. The van der Waals surface area contributed by atoms with Crippen molar-refractivity contribution in [3.8, 4) is 0 Å². The topological polar surface area (TPSA) is 6.48 Å². The standard InChI is InChI=1S/C7H12N2.ClH/c1-3-4-9-6-5-8(2)7-9;/h3,5-6H,1,4,7H2,2H3;1H. The molecule has 1 aliphatic heterocycles.